The first kappa shape index (κ1) is 16.4. The Hall–Kier alpha value is -0.990. The molecule has 0 spiro atoms. The van der Waals surface area contributed by atoms with Crippen LogP contribution in [-0.2, 0) is 16.4 Å². The Morgan fingerprint density at radius 3 is 2.33 bits per heavy atom. The second-order valence-electron chi connectivity index (χ2n) is 4.97. The van der Waals surface area contributed by atoms with Crippen molar-refractivity contribution in [2.75, 3.05) is 31.9 Å². The third-order valence-corrected chi connectivity index (χ3v) is 6.79. The van der Waals surface area contributed by atoms with Gasteiger partial charge in [0.2, 0.25) is 10.0 Å². The van der Waals surface area contributed by atoms with Crippen LogP contribution in [0, 0.1) is 6.92 Å². The zero-order valence-corrected chi connectivity index (χ0v) is 14.3. The van der Waals surface area contributed by atoms with E-state index in [1.807, 2.05) is 13.8 Å². The minimum Gasteiger partial charge on any atom is -0.335 e. The van der Waals surface area contributed by atoms with E-state index in [1.165, 1.54) is 15.6 Å². The molecule has 0 saturated carbocycles. The van der Waals surface area contributed by atoms with E-state index in [9.17, 15) is 13.2 Å². The van der Waals surface area contributed by atoms with Crippen molar-refractivity contribution in [2.45, 2.75) is 27.2 Å². The van der Waals surface area contributed by atoms with Crippen molar-refractivity contribution < 1.29 is 13.2 Å². The van der Waals surface area contributed by atoms with Crippen LogP contribution in [0.25, 0.3) is 0 Å². The van der Waals surface area contributed by atoms with Gasteiger partial charge in [0, 0.05) is 26.2 Å². The Labute approximate surface area is 129 Å². The van der Waals surface area contributed by atoms with Gasteiger partial charge in [-0.15, -0.1) is 11.3 Å². The molecule has 6 nitrogen and oxygen atoms in total. The maximum Gasteiger partial charge on any atom is 0.265 e. The minimum absolute atomic E-state index is 0.0294. The molecule has 0 aliphatic carbocycles. The molecule has 1 amide bonds. The number of nitrogens with zero attached hydrogens (tertiary/aromatic N) is 3. The number of hydrogen-bond acceptors (Lipinski definition) is 5. The summed E-state index contributed by atoms with van der Waals surface area (Å²) in [5.41, 5.74) is 0.769. The third kappa shape index (κ3) is 3.44. The monoisotopic (exact) mass is 331 g/mol. The molecule has 1 aromatic heterocycles. The van der Waals surface area contributed by atoms with Crippen LogP contribution in [0.15, 0.2) is 0 Å². The number of aryl methyl sites for hydroxylation is 2. The lowest BCUT2D eigenvalue weighted by Crippen LogP contribution is -2.50. The molecular weight excluding hydrogens is 310 g/mol. The SMILES string of the molecule is CCc1nc(C)c(C(=O)N2CCN(S(=O)(=O)CC)CC2)s1. The van der Waals surface area contributed by atoms with E-state index in [0.717, 1.165) is 17.1 Å². The normalized spacial score (nSPS) is 17.2. The summed E-state index contributed by atoms with van der Waals surface area (Å²) in [6, 6.07) is 0. The number of carbonyl (C=O) groups is 1. The summed E-state index contributed by atoms with van der Waals surface area (Å²) in [5.74, 6) is 0.0765. The summed E-state index contributed by atoms with van der Waals surface area (Å²) in [6.07, 6.45) is 0.821. The highest BCUT2D eigenvalue weighted by Gasteiger charge is 2.29. The van der Waals surface area contributed by atoms with Gasteiger partial charge in [0.15, 0.2) is 0 Å². The standard InChI is InChI=1S/C13H21N3O3S2/c1-4-11-14-10(3)12(20-11)13(17)15-6-8-16(9-7-15)21(18,19)5-2/h4-9H2,1-3H3. The van der Waals surface area contributed by atoms with Gasteiger partial charge < -0.3 is 4.90 Å². The first-order valence-corrected chi connectivity index (χ1v) is 9.55. The number of aromatic nitrogens is 1. The molecule has 0 radical (unpaired) electrons. The number of piperazine rings is 1. The molecular formula is C13H21N3O3S2. The zero-order valence-electron chi connectivity index (χ0n) is 12.6. The lowest BCUT2D eigenvalue weighted by molar-refractivity contribution is 0.0702. The molecule has 0 bridgehead atoms. The lowest BCUT2D eigenvalue weighted by Gasteiger charge is -2.33. The second kappa shape index (κ2) is 6.41. The number of thiazole rings is 1. The van der Waals surface area contributed by atoms with Gasteiger partial charge in [0.25, 0.3) is 5.91 Å². The van der Waals surface area contributed by atoms with Crippen LogP contribution < -0.4 is 0 Å². The maximum atomic E-state index is 12.5. The van der Waals surface area contributed by atoms with Crippen LogP contribution >= 0.6 is 11.3 Å². The molecule has 1 fully saturated rings. The van der Waals surface area contributed by atoms with Crippen molar-refractivity contribution in [1.82, 2.24) is 14.2 Å². The number of amides is 1. The average Bonchev–Trinajstić information content (AvgIpc) is 2.87. The van der Waals surface area contributed by atoms with Gasteiger partial charge in [-0.05, 0) is 20.3 Å². The third-order valence-electron chi connectivity index (χ3n) is 3.62. The van der Waals surface area contributed by atoms with Crippen molar-refractivity contribution in [3.63, 3.8) is 0 Å². The highest BCUT2D eigenvalue weighted by molar-refractivity contribution is 7.89. The number of hydrogen-bond donors (Lipinski definition) is 0. The summed E-state index contributed by atoms with van der Waals surface area (Å²) in [6.45, 7) is 7.13. The Morgan fingerprint density at radius 1 is 1.24 bits per heavy atom. The summed E-state index contributed by atoms with van der Waals surface area (Å²) >= 11 is 1.44. The molecule has 21 heavy (non-hydrogen) atoms. The van der Waals surface area contributed by atoms with Crippen molar-refractivity contribution in [1.29, 1.82) is 0 Å². The quantitative estimate of drug-likeness (QED) is 0.829. The average molecular weight is 331 g/mol. The van der Waals surface area contributed by atoms with Gasteiger partial charge in [-0.2, -0.15) is 4.31 Å². The molecule has 1 aliphatic rings. The van der Waals surface area contributed by atoms with Gasteiger partial charge in [-0.3, -0.25) is 4.79 Å². The Bertz CT molecular complexity index is 617. The van der Waals surface area contributed by atoms with Crippen molar-refractivity contribution in [3.8, 4) is 0 Å². The Balaban J connectivity index is 2.05. The van der Waals surface area contributed by atoms with Gasteiger partial charge in [-0.1, -0.05) is 6.92 Å². The van der Waals surface area contributed by atoms with Crippen LogP contribution in [0.2, 0.25) is 0 Å². The van der Waals surface area contributed by atoms with Gasteiger partial charge in [0.05, 0.1) is 16.5 Å². The Morgan fingerprint density at radius 2 is 1.86 bits per heavy atom. The van der Waals surface area contributed by atoms with Crippen molar-refractivity contribution in [2.24, 2.45) is 0 Å². The predicted octanol–water partition coefficient (Wildman–Crippen LogP) is 1.12. The fraction of sp³-hybridized carbons (Fsp3) is 0.692. The van der Waals surface area contributed by atoms with Crippen LogP contribution in [-0.4, -0.2) is 60.4 Å². The first-order valence-electron chi connectivity index (χ1n) is 7.12. The molecule has 118 valence electrons. The largest absolute Gasteiger partial charge is 0.335 e. The van der Waals surface area contributed by atoms with Crippen molar-refractivity contribution in [3.05, 3.63) is 15.6 Å². The van der Waals surface area contributed by atoms with Crippen LogP contribution in [0.5, 0.6) is 0 Å². The molecule has 2 heterocycles. The second-order valence-corrected chi connectivity index (χ2v) is 8.31. The van der Waals surface area contributed by atoms with Gasteiger partial charge in [-0.25, -0.2) is 13.4 Å². The van der Waals surface area contributed by atoms with E-state index in [1.54, 1.807) is 11.8 Å². The maximum absolute atomic E-state index is 12.5. The van der Waals surface area contributed by atoms with E-state index >= 15 is 0 Å². The van der Waals surface area contributed by atoms with Crippen LogP contribution in [0.4, 0.5) is 0 Å². The number of rotatable bonds is 4. The van der Waals surface area contributed by atoms with E-state index in [-0.39, 0.29) is 11.7 Å². The number of carbonyl (C=O) groups excluding carboxylic acids is 1. The fourth-order valence-corrected chi connectivity index (χ4v) is 4.35. The van der Waals surface area contributed by atoms with Crippen molar-refractivity contribution >= 4 is 27.3 Å². The van der Waals surface area contributed by atoms with E-state index in [4.69, 9.17) is 0 Å². The first-order chi connectivity index (χ1) is 9.89. The fourth-order valence-electron chi connectivity index (χ4n) is 2.30. The highest BCUT2D eigenvalue weighted by atomic mass is 32.2. The Kier molecular flexibility index (Phi) is 5.00. The molecule has 1 saturated heterocycles. The molecule has 0 N–H and O–H groups in total. The molecule has 1 aromatic rings. The van der Waals surface area contributed by atoms with E-state index < -0.39 is 10.0 Å². The molecule has 0 unspecified atom stereocenters. The van der Waals surface area contributed by atoms with Gasteiger partial charge in [0.1, 0.15) is 4.88 Å². The summed E-state index contributed by atoms with van der Waals surface area (Å²) in [4.78, 5) is 19.3. The summed E-state index contributed by atoms with van der Waals surface area (Å²) in [5, 5.41) is 0.961. The van der Waals surface area contributed by atoms with E-state index in [0.29, 0.717) is 31.1 Å². The van der Waals surface area contributed by atoms with Crippen LogP contribution in [0.1, 0.15) is 34.2 Å². The molecule has 0 aromatic carbocycles. The smallest absolute Gasteiger partial charge is 0.265 e. The summed E-state index contributed by atoms with van der Waals surface area (Å²) in [7, 11) is -3.16. The molecule has 8 heteroatoms. The van der Waals surface area contributed by atoms with Crippen LogP contribution in [0.3, 0.4) is 0 Å². The molecule has 2 rings (SSSR count). The number of sulfonamides is 1. The zero-order chi connectivity index (χ0) is 15.6. The summed E-state index contributed by atoms with van der Waals surface area (Å²) < 4.78 is 25.1. The molecule has 0 atom stereocenters. The van der Waals surface area contributed by atoms with Gasteiger partial charge >= 0.3 is 0 Å². The minimum atomic E-state index is -3.16. The topological polar surface area (TPSA) is 70.6 Å². The highest BCUT2D eigenvalue weighted by Crippen LogP contribution is 2.21. The predicted molar refractivity (Wildman–Crippen MR) is 83.2 cm³/mol. The molecule has 1 aliphatic heterocycles. The van der Waals surface area contributed by atoms with E-state index in [2.05, 4.69) is 4.98 Å². The lowest BCUT2D eigenvalue weighted by atomic mass is 10.3.